The highest BCUT2D eigenvalue weighted by molar-refractivity contribution is 7.99. The topological polar surface area (TPSA) is 38.5 Å². The molecule has 4 heteroatoms. The third-order valence-electron chi connectivity index (χ3n) is 2.91. The molecule has 0 saturated carbocycles. The fraction of sp³-hybridized carbons (Fsp3) is 0.538. The normalized spacial score (nSPS) is 21.6. The van der Waals surface area contributed by atoms with Crippen LogP contribution in [0.3, 0.4) is 0 Å². The van der Waals surface area contributed by atoms with E-state index < -0.39 is 0 Å². The van der Waals surface area contributed by atoms with Crippen LogP contribution >= 0.6 is 11.8 Å². The smallest absolute Gasteiger partial charge is 0.0824 e. The molecule has 1 aliphatic heterocycles. The van der Waals surface area contributed by atoms with E-state index in [2.05, 4.69) is 35.2 Å². The van der Waals surface area contributed by atoms with Gasteiger partial charge in [-0.1, -0.05) is 18.2 Å². The van der Waals surface area contributed by atoms with Gasteiger partial charge < -0.3 is 10.5 Å². The molecule has 1 saturated heterocycles. The third-order valence-corrected chi connectivity index (χ3v) is 3.90. The fourth-order valence-electron chi connectivity index (χ4n) is 1.94. The van der Waals surface area contributed by atoms with E-state index in [1.54, 1.807) is 0 Å². The Balaban J connectivity index is 1.68. The number of ether oxygens (including phenoxy) is 1. The van der Waals surface area contributed by atoms with Crippen LogP contribution in [0.5, 0.6) is 0 Å². The van der Waals surface area contributed by atoms with Crippen LogP contribution in [0.4, 0.5) is 0 Å². The number of hydrogen-bond donors (Lipinski definition) is 1. The Labute approximate surface area is 107 Å². The minimum atomic E-state index is 0.227. The Morgan fingerprint density at radius 1 is 1.35 bits per heavy atom. The van der Waals surface area contributed by atoms with E-state index >= 15 is 0 Å². The van der Waals surface area contributed by atoms with Gasteiger partial charge in [0.05, 0.1) is 12.7 Å². The minimum Gasteiger partial charge on any atom is -0.374 e. The lowest BCUT2D eigenvalue weighted by Gasteiger charge is -2.32. The van der Waals surface area contributed by atoms with Gasteiger partial charge in [0.2, 0.25) is 0 Å². The number of rotatable bonds is 5. The molecule has 1 atom stereocenters. The van der Waals surface area contributed by atoms with E-state index in [0.29, 0.717) is 6.54 Å². The largest absolute Gasteiger partial charge is 0.374 e. The average Bonchev–Trinajstić information content (AvgIpc) is 2.40. The van der Waals surface area contributed by atoms with Crippen molar-refractivity contribution in [1.29, 1.82) is 0 Å². The van der Waals surface area contributed by atoms with Crippen molar-refractivity contribution in [2.45, 2.75) is 11.0 Å². The molecule has 1 aromatic rings. The summed E-state index contributed by atoms with van der Waals surface area (Å²) < 4.78 is 5.55. The number of thioether (sulfide) groups is 1. The second-order valence-electron chi connectivity index (χ2n) is 4.19. The maximum Gasteiger partial charge on any atom is 0.0824 e. The van der Waals surface area contributed by atoms with E-state index in [-0.39, 0.29) is 6.10 Å². The second-order valence-corrected chi connectivity index (χ2v) is 5.36. The number of nitrogens with zero attached hydrogens (tertiary/aromatic N) is 1. The molecule has 0 amide bonds. The maximum atomic E-state index is 5.63. The zero-order chi connectivity index (χ0) is 11.9. The molecular formula is C13H20N2OS. The maximum absolute atomic E-state index is 5.63. The van der Waals surface area contributed by atoms with Gasteiger partial charge >= 0.3 is 0 Å². The molecule has 2 N–H and O–H groups in total. The van der Waals surface area contributed by atoms with Gasteiger partial charge in [0.25, 0.3) is 0 Å². The van der Waals surface area contributed by atoms with E-state index in [4.69, 9.17) is 10.5 Å². The summed E-state index contributed by atoms with van der Waals surface area (Å²) in [4.78, 5) is 3.79. The number of benzene rings is 1. The van der Waals surface area contributed by atoms with E-state index in [1.807, 2.05) is 11.8 Å². The molecular weight excluding hydrogens is 232 g/mol. The van der Waals surface area contributed by atoms with Gasteiger partial charge in [0.1, 0.15) is 0 Å². The molecule has 3 nitrogen and oxygen atoms in total. The first kappa shape index (κ1) is 12.9. The summed E-state index contributed by atoms with van der Waals surface area (Å²) in [6.07, 6.45) is 0.227. The van der Waals surface area contributed by atoms with E-state index in [9.17, 15) is 0 Å². The van der Waals surface area contributed by atoms with E-state index in [0.717, 1.165) is 32.0 Å². The third kappa shape index (κ3) is 4.32. The van der Waals surface area contributed by atoms with Crippen LogP contribution in [-0.2, 0) is 4.74 Å². The van der Waals surface area contributed by atoms with Crippen LogP contribution in [-0.4, -0.2) is 49.5 Å². The Morgan fingerprint density at radius 3 is 2.94 bits per heavy atom. The summed E-state index contributed by atoms with van der Waals surface area (Å²) in [6.45, 7) is 4.57. The van der Waals surface area contributed by atoms with Crippen molar-refractivity contribution in [1.82, 2.24) is 4.90 Å². The summed E-state index contributed by atoms with van der Waals surface area (Å²) in [6, 6.07) is 10.5. The highest BCUT2D eigenvalue weighted by atomic mass is 32.2. The molecule has 94 valence electrons. The summed E-state index contributed by atoms with van der Waals surface area (Å²) in [5.41, 5.74) is 5.63. The standard InChI is InChI=1S/C13H20N2OS/c14-10-12-11-15(6-8-16-12)7-9-17-13-4-2-1-3-5-13/h1-5,12H,6-11,14H2. The molecule has 0 aromatic heterocycles. The van der Waals surface area contributed by atoms with Crippen molar-refractivity contribution in [3.05, 3.63) is 30.3 Å². The Bertz CT molecular complexity index is 320. The first-order valence-electron chi connectivity index (χ1n) is 6.10. The predicted molar refractivity (Wildman–Crippen MR) is 72.4 cm³/mol. The van der Waals surface area contributed by atoms with Crippen LogP contribution in [0, 0.1) is 0 Å². The van der Waals surface area contributed by atoms with Crippen molar-refractivity contribution in [3.63, 3.8) is 0 Å². The monoisotopic (exact) mass is 252 g/mol. The van der Waals surface area contributed by atoms with Crippen LogP contribution in [0.1, 0.15) is 0 Å². The van der Waals surface area contributed by atoms with Crippen LogP contribution in [0.2, 0.25) is 0 Å². The zero-order valence-corrected chi connectivity index (χ0v) is 10.9. The number of nitrogens with two attached hydrogens (primary N) is 1. The Morgan fingerprint density at radius 2 is 2.18 bits per heavy atom. The highest BCUT2D eigenvalue weighted by Gasteiger charge is 2.18. The van der Waals surface area contributed by atoms with Gasteiger partial charge in [-0.25, -0.2) is 0 Å². The van der Waals surface area contributed by atoms with Gasteiger partial charge in [-0.2, -0.15) is 0 Å². The molecule has 1 unspecified atom stereocenters. The Kier molecular flexibility index (Phi) is 5.32. The van der Waals surface area contributed by atoms with Crippen molar-refractivity contribution in [2.75, 3.05) is 38.5 Å². The van der Waals surface area contributed by atoms with Gasteiger partial charge in [-0.05, 0) is 12.1 Å². The van der Waals surface area contributed by atoms with Gasteiger partial charge in [-0.15, -0.1) is 11.8 Å². The van der Waals surface area contributed by atoms with Crippen LogP contribution in [0.15, 0.2) is 35.2 Å². The molecule has 1 aromatic carbocycles. The summed E-state index contributed by atoms with van der Waals surface area (Å²) in [5, 5.41) is 0. The predicted octanol–water partition coefficient (Wildman–Crippen LogP) is 1.44. The van der Waals surface area contributed by atoms with Crippen molar-refractivity contribution >= 4 is 11.8 Å². The lowest BCUT2D eigenvalue weighted by atomic mass is 10.3. The van der Waals surface area contributed by atoms with Gasteiger partial charge in [0.15, 0.2) is 0 Å². The Hall–Kier alpha value is -0.550. The van der Waals surface area contributed by atoms with Crippen molar-refractivity contribution < 1.29 is 4.74 Å². The SMILES string of the molecule is NCC1CN(CCSc2ccccc2)CCO1. The lowest BCUT2D eigenvalue weighted by molar-refractivity contribution is -0.0208. The molecule has 2 rings (SSSR count). The molecule has 0 spiro atoms. The van der Waals surface area contributed by atoms with Crippen LogP contribution < -0.4 is 5.73 Å². The number of hydrogen-bond acceptors (Lipinski definition) is 4. The first-order chi connectivity index (χ1) is 8.38. The fourth-order valence-corrected chi connectivity index (χ4v) is 2.87. The van der Waals surface area contributed by atoms with Gasteiger partial charge in [0, 0.05) is 36.8 Å². The molecule has 0 radical (unpaired) electrons. The summed E-state index contributed by atoms with van der Waals surface area (Å²) in [7, 11) is 0. The van der Waals surface area contributed by atoms with Crippen LogP contribution in [0.25, 0.3) is 0 Å². The molecule has 0 aliphatic carbocycles. The zero-order valence-electron chi connectivity index (χ0n) is 10.0. The molecule has 1 aliphatic rings. The second kappa shape index (κ2) is 7.01. The highest BCUT2D eigenvalue weighted by Crippen LogP contribution is 2.17. The van der Waals surface area contributed by atoms with Gasteiger partial charge in [-0.3, -0.25) is 4.90 Å². The molecule has 17 heavy (non-hydrogen) atoms. The number of morpholine rings is 1. The summed E-state index contributed by atoms with van der Waals surface area (Å²) >= 11 is 1.91. The van der Waals surface area contributed by atoms with Crippen molar-refractivity contribution in [2.24, 2.45) is 5.73 Å². The quantitative estimate of drug-likeness (QED) is 0.805. The average molecular weight is 252 g/mol. The van der Waals surface area contributed by atoms with E-state index in [1.165, 1.54) is 4.90 Å². The molecule has 1 fully saturated rings. The molecule has 0 bridgehead atoms. The minimum absolute atomic E-state index is 0.227. The van der Waals surface area contributed by atoms with Crippen molar-refractivity contribution in [3.8, 4) is 0 Å². The summed E-state index contributed by atoms with van der Waals surface area (Å²) in [5.74, 6) is 1.13. The molecule has 1 heterocycles. The first-order valence-corrected chi connectivity index (χ1v) is 7.09. The lowest BCUT2D eigenvalue weighted by Crippen LogP contribution is -2.46.